The topological polar surface area (TPSA) is 18.5 Å². The average molecular weight is 242 g/mol. The number of hydrogen-bond acceptors (Lipinski definition) is 2. The van der Waals surface area contributed by atoms with Crippen LogP contribution in [0.4, 0.5) is 30.7 Å². The Kier molecular flexibility index (Phi) is 2.48. The third kappa shape index (κ3) is 1.89. The molecule has 9 heteroatoms. The fraction of sp³-hybridized carbons (Fsp3) is 1.00. The average Bonchev–Trinajstić information content (AvgIpc) is 2.23. The van der Waals surface area contributed by atoms with Crippen LogP contribution in [0, 0.1) is 0 Å². The van der Waals surface area contributed by atoms with Crippen LogP contribution in [0.1, 0.15) is 6.92 Å². The summed E-state index contributed by atoms with van der Waals surface area (Å²) < 4.78 is 92.3. The van der Waals surface area contributed by atoms with Crippen LogP contribution in [0.25, 0.3) is 0 Å². The standard InChI is InChI=1S/C6H5F7O2/c1-3(7)2-14-4(15-3,5(8,9)10)6(11,12)13/h2H2,1H3. The lowest BCUT2D eigenvalue weighted by molar-refractivity contribution is -0.452. The summed E-state index contributed by atoms with van der Waals surface area (Å²) in [6.07, 6.45) is -11.8. The molecule has 1 rings (SSSR count). The summed E-state index contributed by atoms with van der Waals surface area (Å²) in [5.41, 5.74) is 0. The van der Waals surface area contributed by atoms with Gasteiger partial charge in [-0.3, -0.25) is 4.74 Å². The first kappa shape index (κ1) is 12.5. The molecule has 90 valence electrons. The molecule has 1 heterocycles. The first-order chi connectivity index (χ1) is 6.41. The molecule has 1 saturated heterocycles. The Balaban J connectivity index is 3.13. The van der Waals surface area contributed by atoms with Gasteiger partial charge in [0.15, 0.2) is 0 Å². The van der Waals surface area contributed by atoms with Crippen LogP contribution < -0.4 is 0 Å². The number of rotatable bonds is 0. The highest BCUT2D eigenvalue weighted by molar-refractivity contribution is 4.93. The Morgan fingerprint density at radius 3 is 1.53 bits per heavy atom. The molecule has 1 fully saturated rings. The van der Waals surface area contributed by atoms with E-state index in [-0.39, 0.29) is 0 Å². The minimum Gasteiger partial charge on any atom is -0.329 e. The minimum atomic E-state index is -5.89. The van der Waals surface area contributed by atoms with Crippen molar-refractivity contribution in [3.05, 3.63) is 0 Å². The van der Waals surface area contributed by atoms with Crippen LogP contribution in [0.15, 0.2) is 0 Å². The Morgan fingerprint density at radius 2 is 1.40 bits per heavy atom. The molecule has 1 aliphatic heterocycles. The van der Waals surface area contributed by atoms with Crippen molar-refractivity contribution in [2.45, 2.75) is 30.9 Å². The fourth-order valence-corrected chi connectivity index (χ4v) is 1.03. The highest BCUT2D eigenvalue weighted by Gasteiger charge is 2.79. The van der Waals surface area contributed by atoms with Crippen molar-refractivity contribution in [3.8, 4) is 0 Å². The van der Waals surface area contributed by atoms with E-state index >= 15 is 0 Å². The summed E-state index contributed by atoms with van der Waals surface area (Å²) in [5, 5.41) is 0. The lowest BCUT2D eigenvalue weighted by Crippen LogP contribution is -2.58. The van der Waals surface area contributed by atoms with E-state index in [4.69, 9.17) is 0 Å². The van der Waals surface area contributed by atoms with Gasteiger partial charge in [-0.15, -0.1) is 0 Å². The Labute approximate surface area is 78.9 Å². The van der Waals surface area contributed by atoms with Crippen LogP contribution in [0.3, 0.4) is 0 Å². The zero-order chi connectivity index (χ0) is 12.1. The highest BCUT2D eigenvalue weighted by Crippen LogP contribution is 2.52. The molecule has 0 amide bonds. The summed E-state index contributed by atoms with van der Waals surface area (Å²) in [6.45, 7) is -1.02. The molecular weight excluding hydrogens is 237 g/mol. The first-order valence-electron chi connectivity index (χ1n) is 3.58. The highest BCUT2D eigenvalue weighted by atomic mass is 19.4. The molecule has 0 aromatic heterocycles. The Bertz CT molecular complexity index is 239. The van der Waals surface area contributed by atoms with E-state index in [1.165, 1.54) is 0 Å². The van der Waals surface area contributed by atoms with Gasteiger partial charge in [0.25, 0.3) is 0 Å². The van der Waals surface area contributed by atoms with Gasteiger partial charge >= 0.3 is 18.1 Å². The van der Waals surface area contributed by atoms with Gasteiger partial charge in [0.1, 0.15) is 6.61 Å². The predicted octanol–water partition coefficient (Wildman–Crippen LogP) is 2.54. The Hall–Kier alpha value is -0.570. The number of alkyl halides is 7. The number of ether oxygens (including phenoxy) is 2. The number of hydrogen-bond donors (Lipinski definition) is 0. The first-order valence-corrected chi connectivity index (χ1v) is 3.58. The molecule has 0 bridgehead atoms. The number of halogens is 7. The van der Waals surface area contributed by atoms with Gasteiger partial charge in [-0.2, -0.15) is 26.3 Å². The summed E-state index contributed by atoms with van der Waals surface area (Å²) in [7, 11) is 0. The fourth-order valence-electron chi connectivity index (χ4n) is 1.03. The van der Waals surface area contributed by atoms with E-state index in [1.54, 1.807) is 0 Å². The quantitative estimate of drug-likeness (QED) is 0.608. The third-order valence-electron chi connectivity index (χ3n) is 1.64. The molecular formula is C6H5F7O2. The summed E-state index contributed by atoms with van der Waals surface area (Å²) >= 11 is 0. The van der Waals surface area contributed by atoms with Gasteiger partial charge in [0, 0.05) is 0 Å². The van der Waals surface area contributed by atoms with Crippen LogP contribution in [0.5, 0.6) is 0 Å². The van der Waals surface area contributed by atoms with Crippen molar-refractivity contribution in [1.29, 1.82) is 0 Å². The van der Waals surface area contributed by atoms with E-state index in [1.807, 2.05) is 0 Å². The maximum atomic E-state index is 12.8. The predicted molar refractivity (Wildman–Crippen MR) is 31.4 cm³/mol. The van der Waals surface area contributed by atoms with Crippen molar-refractivity contribution in [2.75, 3.05) is 6.61 Å². The molecule has 0 aliphatic carbocycles. The van der Waals surface area contributed by atoms with Crippen LogP contribution in [-0.4, -0.2) is 30.6 Å². The smallest absolute Gasteiger partial charge is 0.329 e. The van der Waals surface area contributed by atoms with Crippen molar-refractivity contribution < 1.29 is 40.2 Å². The van der Waals surface area contributed by atoms with Crippen LogP contribution >= 0.6 is 0 Å². The molecule has 1 aliphatic rings. The van der Waals surface area contributed by atoms with E-state index in [0.717, 1.165) is 0 Å². The van der Waals surface area contributed by atoms with Gasteiger partial charge in [-0.05, 0) is 6.92 Å². The zero-order valence-corrected chi connectivity index (χ0v) is 7.17. The zero-order valence-electron chi connectivity index (χ0n) is 7.17. The molecule has 1 unspecified atom stereocenters. The third-order valence-corrected chi connectivity index (χ3v) is 1.64. The maximum Gasteiger partial charge on any atom is 0.453 e. The van der Waals surface area contributed by atoms with E-state index < -0.39 is 30.6 Å². The Morgan fingerprint density at radius 1 is 1.00 bits per heavy atom. The van der Waals surface area contributed by atoms with E-state index in [2.05, 4.69) is 9.47 Å². The van der Waals surface area contributed by atoms with Crippen LogP contribution in [-0.2, 0) is 9.47 Å². The summed E-state index contributed by atoms with van der Waals surface area (Å²) in [4.78, 5) is 0. The second-order valence-electron chi connectivity index (χ2n) is 3.10. The lowest BCUT2D eigenvalue weighted by atomic mass is 10.2. The monoisotopic (exact) mass is 242 g/mol. The van der Waals surface area contributed by atoms with E-state index in [9.17, 15) is 30.7 Å². The molecule has 2 nitrogen and oxygen atoms in total. The molecule has 15 heavy (non-hydrogen) atoms. The van der Waals surface area contributed by atoms with Crippen molar-refractivity contribution in [2.24, 2.45) is 0 Å². The normalized spacial score (nSPS) is 32.0. The summed E-state index contributed by atoms with van der Waals surface area (Å²) in [6, 6.07) is 0. The largest absolute Gasteiger partial charge is 0.453 e. The van der Waals surface area contributed by atoms with Gasteiger partial charge in [0.05, 0.1) is 0 Å². The summed E-state index contributed by atoms with van der Waals surface area (Å²) in [5.74, 6) is -7.99. The molecule has 0 aromatic rings. The van der Waals surface area contributed by atoms with E-state index in [0.29, 0.717) is 6.92 Å². The second-order valence-corrected chi connectivity index (χ2v) is 3.10. The lowest BCUT2D eigenvalue weighted by Gasteiger charge is -2.31. The molecule has 0 aromatic carbocycles. The minimum absolute atomic E-state index is 0.423. The molecule has 0 spiro atoms. The second kappa shape index (κ2) is 2.97. The van der Waals surface area contributed by atoms with Gasteiger partial charge in [-0.25, -0.2) is 4.39 Å². The molecule has 0 radical (unpaired) electrons. The van der Waals surface area contributed by atoms with Crippen molar-refractivity contribution in [1.82, 2.24) is 0 Å². The van der Waals surface area contributed by atoms with Crippen LogP contribution in [0.2, 0.25) is 0 Å². The molecule has 0 N–H and O–H groups in total. The van der Waals surface area contributed by atoms with Gasteiger partial charge in [-0.1, -0.05) is 0 Å². The van der Waals surface area contributed by atoms with Gasteiger partial charge in [0.2, 0.25) is 5.85 Å². The maximum absolute atomic E-state index is 12.8. The molecule has 1 atom stereocenters. The molecule has 0 saturated carbocycles. The SMILES string of the molecule is CC1(F)COC(C(F)(F)F)(C(F)(F)F)O1. The van der Waals surface area contributed by atoms with Crippen molar-refractivity contribution >= 4 is 0 Å². The van der Waals surface area contributed by atoms with Gasteiger partial charge < -0.3 is 4.74 Å². The van der Waals surface area contributed by atoms with Crippen molar-refractivity contribution in [3.63, 3.8) is 0 Å².